The summed E-state index contributed by atoms with van der Waals surface area (Å²) >= 11 is 0. The van der Waals surface area contributed by atoms with Crippen LogP contribution in [0.2, 0.25) is 0 Å². The molecule has 240 valence electrons. The molecule has 0 radical (unpaired) electrons. The largest absolute Gasteiger partial charge is 0.268 e. The zero-order valence-corrected chi connectivity index (χ0v) is 28.1. The fourth-order valence-corrected chi connectivity index (χ4v) is 7.12. The first-order valence-corrected chi connectivity index (χ1v) is 17.1. The summed E-state index contributed by atoms with van der Waals surface area (Å²) in [5, 5.41) is 14.6. The lowest BCUT2D eigenvalue weighted by molar-refractivity contribution is 0.637. The van der Waals surface area contributed by atoms with Gasteiger partial charge in [0, 0.05) is 35.3 Å². The van der Waals surface area contributed by atoms with Crippen LogP contribution in [0.4, 0.5) is 0 Å². The Labute approximate surface area is 283 Å². The van der Waals surface area contributed by atoms with Crippen LogP contribution in [0.3, 0.4) is 0 Å². The summed E-state index contributed by atoms with van der Waals surface area (Å²) in [5.41, 5.74) is 15.3. The monoisotopic (exact) mass is 630 g/mol. The molecule has 4 aromatic carbocycles. The molecule has 0 saturated heterocycles. The summed E-state index contributed by atoms with van der Waals surface area (Å²) in [6.07, 6.45) is 15.3. The van der Waals surface area contributed by atoms with E-state index in [1.807, 2.05) is 18.6 Å². The van der Waals surface area contributed by atoms with Gasteiger partial charge < -0.3 is 0 Å². The first-order chi connectivity index (χ1) is 23.6. The highest BCUT2D eigenvalue weighted by Gasteiger charge is 2.23. The second-order valence-corrected chi connectivity index (χ2v) is 12.3. The first kappa shape index (κ1) is 31.1. The minimum absolute atomic E-state index is 0.714. The molecule has 7 aromatic rings. The summed E-state index contributed by atoms with van der Waals surface area (Å²) in [6.45, 7) is 9.01. The molecule has 3 aromatic heterocycles. The Morgan fingerprint density at radius 3 is 0.875 bits per heavy atom. The second kappa shape index (κ2) is 14.1. The third-order valence-corrected chi connectivity index (χ3v) is 9.43. The fourth-order valence-electron chi connectivity index (χ4n) is 7.12. The Kier molecular flexibility index (Phi) is 9.14. The van der Waals surface area contributed by atoms with Gasteiger partial charge in [0.05, 0.1) is 38.2 Å². The predicted molar refractivity (Wildman–Crippen MR) is 195 cm³/mol. The Morgan fingerprint density at radius 1 is 0.354 bits per heavy atom. The van der Waals surface area contributed by atoms with E-state index < -0.39 is 0 Å². The van der Waals surface area contributed by atoms with Crippen LogP contribution >= 0.6 is 0 Å². The molecule has 7 rings (SSSR count). The minimum atomic E-state index is 0.714. The van der Waals surface area contributed by atoms with Crippen LogP contribution in [0.15, 0.2) is 128 Å². The molecule has 48 heavy (non-hydrogen) atoms. The van der Waals surface area contributed by atoms with Crippen molar-refractivity contribution >= 4 is 0 Å². The molecule has 0 aliphatic heterocycles. The van der Waals surface area contributed by atoms with E-state index >= 15 is 0 Å². The van der Waals surface area contributed by atoms with E-state index in [1.165, 1.54) is 50.1 Å². The third kappa shape index (κ3) is 6.39. The molecular weight excluding hydrogens is 589 g/mol. The summed E-state index contributed by atoms with van der Waals surface area (Å²) in [6, 6.07) is 31.5. The van der Waals surface area contributed by atoms with E-state index in [0.717, 1.165) is 36.0 Å². The van der Waals surface area contributed by atoms with Crippen molar-refractivity contribution in [2.24, 2.45) is 0 Å². The lowest BCUT2D eigenvalue weighted by Gasteiger charge is -2.26. The Morgan fingerprint density at radius 2 is 0.625 bits per heavy atom. The van der Waals surface area contributed by atoms with Gasteiger partial charge >= 0.3 is 0 Å². The Hall–Kier alpha value is -5.49. The molecule has 0 bridgehead atoms. The van der Waals surface area contributed by atoms with Gasteiger partial charge in [-0.05, 0) is 69.3 Å². The average molecular weight is 631 g/mol. The molecule has 0 aliphatic carbocycles. The van der Waals surface area contributed by atoms with Gasteiger partial charge in [-0.2, -0.15) is 15.3 Å². The molecule has 0 N–H and O–H groups in total. The van der Waals surface area contributed by atoms with E-state index in [0.29, 0.717) is 19.6 Å². The highest BCUT2D eigenvalue weighted by atomic mass is 15.3. The van der Waals surface area contributed by atoms with Gasteiger partial charge in [0.1, 0.15) is 0 Å². The maximum atomic E-state index is 4.86. The molecule has 0 atom stereocenters. The van der Waals surface area contributed by atoms with Crippen LogP contribution in [0.25, 0.3) is 33.4 Å². The summed E-state index contributed by atoms with van der Waals surface area (Å²) in [4.78, 5) is 0. The summed E-state index contributed by atoms with van der Waals surface area (Å²) in [5.74, 6) is 0. The number of benzene rings is 4. The van der Waals surface area contributed by atoms with Crippen molar-refractivity contribution in [2.75, 3.05) is 0 Å². The van der Waals surface area contributed by atoms with E-state index in [1.54, 1.807) is 0 Å². The van der Waals surface area contributed by atoms with Crippen LogP contribution in [-0.2, 0) is 38.9 Å². The Balaban J connectivity index is 1.33. The van der Waals surface area contributed by atoms with Crippen molar-refractivity contribution in [3.05, 3.63) is 162 Å². The highest BCUT2D eigenvalue weighted by molar-refractivity contribution is 5.63. The van der Waals surface area contributed by atoms with E-state index in [-0.39, 0.29) is 0 Å². The molecular formula is C42H42N6. The van der Waals surface area contributed by atoms with Crippen LogP contribution in [-0.4, -0.2) is 29.3 Å². The molecule has 0 fully saturated rings. The summed E-state index contributed by atoms with van der Waals surface area (Å²) in [7, 11) is 0. The second-order valence-electron chi connectivity index (χ2n) is 12.3. The summed E-state index contributed by atoms with van der Waals surface area (Å²) < 4.78 is 6.33. The topological polar surface area (TPSA) is 53.5 Å². The smallest absolute Gasteiger partial charge is 0.0665 e. The van der Waals surface area contributed by atoms with Crippen LogP contribution in [0.1, 0.15) is 54.2 Å². The zero-order chi connectivity index (χ0) is 32.9. The molecule has 0 saturated carbocycles. The number of aromatic nitrogens is 6. The van der Waals surface area contributed by atoms with Gasteiger partial charge in [-0.15, -0.1) is 0 Å². The van der Waals surface area contributed by atoms with Crippen molar-refractivity contribution in [3.63, 3.8) is 0 Å². The van der Waals surface area contributed by atoms with Crippen LogP contribution < -0.4 is 0 Å². The number of hydrogen-bond acceptors (Lipinski definition) is 3. The molecule has 0 amide bonds. The lowest BCUT2D eigenvalue weighted by Crippen LogP contribution is -2.19. The minimum Gasteiger partial charge on any atom is -0.268 e. The van der Waals surface area contributed by atoms with Crippen molar-refractivity contribution < 1.29 is 0 Å². The Bertz CT molecular complexity index is 1840. The molecule has 0 aliphatic rings. The van der Waals surface area contributed by atoms with Gasteiger partial charge in [-0.3, -0.25) is 14.0 Å². The normalized spacial score (nSPS) is 11.3. The van der Waals surface area contributed by atoms with E-state index in [2.05, 4.69) is 144 Å². The van der Waals surface area contributed by atoms with Crippen LogP contribution in [0.5, 0.6) is 0 Å². The molecule has 6 heteroatoms. The van der Waals surface area contributed by atoms with Gasteiger partial charge in [0.15, 0.2) is 0 Å². The van der Waals surface area contributed by atoms with E-state index in [9.17, 15) is 0 Å². The molecule has 6 nitrogen and oxygen atoms in total. The third-order valence-electron chi connectivity index (χ3n) is 9.43. The van der Waals surface area contributed by atoms with E-state index in [4.69, 9.17) is 15.3 Å². The van der Waals surface area contributed by atoms with Gasteiger partial charge in [-0.25, -0.2) is 0 Å². The lowest BCUT2D eigenvalue weighted by atomic mass is 9.83. The van der Waals surface area contributed by atoms with Crippen molar-refractivity contribution in [2.45, 2.75) is 59.7 Å². The standard InChI is InChI=1S/C42H42N6/c1-4-37-40(28-46-25-34(22-43-46)31-16-10-7-11-17-31)38(5-2)42(30-48-27-36(24-45-48)33-20-14-9-15-21-33)39(6-3)41(37)29-47-26-35(23-44-47)32-18-12-8-13-19-32/h7-27H,4-6,28-30H2,1-3H3. The number of nitrogens with zero attached hydrogens (tertiary/aromatic N) is 6. The molecule has 0 spiro atoms. The van der Waals surface area contributed by atoms with Gasteiger partial charge in [0.2, 0.25) is 0 Å². The highest BCUT2D eigenvalue weighted by Crippen LogP contribution is 2.33. The average Bonchev–Trinajstić information content (AvgIpc) is 3.92. The zero-order valence-electron chi connectivity index (χ0n) is 28.1. The van der Waals surface area contributed by atoms with Crippen molar-refractivity contribution in [1.29, 1.82) is 0 Å². The van der Waals surface area contributed by atoms with Gasteiger partial charge in [-0.1, -0.05) is 112 Å². The van der Waals surface area contributed by atoms with Crippen molar-refractivity contribution in [1.82, 2.24) is 29.3 Å². The molecule has 0 unspecified atom stereocenters. The number of hydrogen-bond donors (Lipinski definition) is 0. The predicted octanol–water partition coefficient (Wildman–Crippen LogP) is 9.11. The number of rotatable bonds is 12. The quantitative estimate of drug-likeness (QED) is 0.135. The maximum absolute atomic E-state index is 4.86. The SMILES string of the molecule is CCc1c(Cn2cc(-c3ccccc3)cn2)c(CC)c(Cn2cc(-c3ccccc3)cn2)c(CC)c1Cn1cc(-c2ccccc2)cn1. The van der Waals surface area contributed by atoms with Crippen molar-refractivity contribution in [3.8, 4) is 33.4 Å². The fraction of sp³-hybridized carbons (Fsp3) is 0.214. The van der Waals surface area contributed by atoms with Crippen LogP contribution in [0, 0.1) is 0 Å². The molecule has 3 heterocycles. The maximum Gasteiger partial charge on any atom is 0.0665 e. The van der Waals surface area contributed by atoms with Gasteiger partial charge in [0.25, 0.3) is 0 Å². The first-order valence-electron chi connectivity index (χ1n) is 17.1.